The van der Waals surface area contributed by atoms with Crippen LogP contribution in [0.3, 0.4) is 0 Å². The lowest BCUT2D eigenvalue weighted by atomic mass is 10.0. The number of aromatic nitrogens is 2. The maximum atomic E-state index is 12.3. The van der Waals surface area contributed by atoms with E-state index < -0.39 is 0 Å². The lowest BCUT2D eigenvalue weighted by Gasteiger charge is -2.05. The number of furan rings is 1. The van der Waals surface area contributed by atoms with Crippen LogP contribution in [0.15, 0.2) is 98.6 Å². The summed E-state index contributed by atoms with van der Waals surface area (Å²) >= 11 is 1.39. The Balaban J connectivity index is 1.20. The Bertz CT molecular complexity index is 1360. The van der Waals surface area contributed by atoms with Crippen molar-refractivity contribution in [2.75, 3.05) is 0 Å². The van der Waals surface area contributed by atoms with Crippen LogP contribution in [0.2, 0.25) is 0 Å². The fourth-order valence-corrected chi connectivity index (χ4v) is 4.13. The second-order valence-corrected chi connectivity index (χ2v) is 7.92. The molecule has 0 radical (unpaired) electrons. The van der Waals surface area contributed by atoms with Gasteiger partial charge in [-0.15, -0.1) is 0 Å². The van der Waals surface area contributed by atoms with Crippen molar-refractivity contribution >= 4 is 45.7 Å². The molecule has 0 fully saturated rings. The van der Waals surface area contributed by atoms with Crippen molar-refractivity contribution in [3.8, 4) is 0 Å². The van der Waals surface area contributed by atoms with Crippen LogP contribution in [0.4, 0.5) is 0 Å². The third-order valence-corrected chi connectivity index (χ3v) is 5.59. The van der Waals surface area contributed by atoms with Crippen LogP contribution < -0.4 is 5.43 Å². The van der Waals surface area contributed by atoms with Crippen molar-refractivity contribution in [3.63, 3.8) is 0 Å². The maximum Gasteiger partial charge on any atom is 0.244 e. The zero-order valence-corrected chi connectivity index (χ0v) is 17.2. The molecule has 2 N–H and O–H groups in total. The first-order valence-electron chi connectivity index (χ1n) is 9.75. The van der Waals surface area contributed by atoms with Gasteiger partial charge >= 0.3 is 0 Å². The van der Waals surface area contributed by atoms with E-state index in [4.69, 9.17) is 4.42 Å². The van der Waals surface area contributed by atoms with E-state index >= 15 is 0 Å². The first-order valence-corrected chi connectivity index (χ1v) is 10.6. The zero-order chi connectivity index (χ0) is 21.0. The highest BCUT2D eigenvalue weighted by atomic mass is 32.2. The molecule has 0 aliphatic carbocycles. The van der Waals surface area contributed by atoms with Crippen molar-refractivity contribution in [2.45, 2.75) is 16.7 Å². The first kappa shape index (κ1) is 19.1. The number of carbonyl (C=O) groups is 1. The number of rotatable bonds is 6. The average Bonchev–Trinajstić information content (AvgIpc) is 3.40. The van der Waals surface area contributed by atoms with E-state index in [1.807, 2.05) is 72.8 Å². The molecule has 31 heavy (non-hydrogen) atoms. The summed E-state index contributed by atoms with van der Waals surface area (Å²) in [4.78, 5) is 20.1. The number of fused-ring (bicyclic) bond motifs is 2. The summed E-state index contributed by atoms with van der Waals surface area (Å²) in [6.07, 6.45) is 1.74. The fraction of sp³-hybridized carbons (Fsp3) is 0.0417. The largest absolute Gasteiger partial charge is 0.448 e. The monoisotopic (exact) mass is 426 g/mol. The van der Waals surface area contributed by atoms with Crippen LogP contribution in [0, 0.1) is 0 Å². The van der Waals surface area contributed by atoms with Crippen LogP contribution in [-0.2, 0) is 11.2 Å². The van der Waals surface area contributed by atoms with Crippen molar-refractivity contribution in [3.05, 3.63) is 90.2 Å². The van der Waals surface area contributed by atoms with Crippen LogP contribution in [-0.4, -0.2) is 22.1 Å². The number of hydrogen-bond acceptors (Lipinski definition) is 5. The number of benzene rings is 3. The second-order valence-electron chi connectivity index (χ2n) is 6.93. The maximum absolute atomic E-state index is 12.3. The number of hydrogen-bond donors (Lipinski definition) is 2. The van der Waals surface area contributed by atoms with Gasteiger partial charge in [0, 0.05) is 0 Å². The van der Waals surface area contributed by atoms with Gasteiger partial charge in [0.15, 0.2) is 10.2 Å². The molecule has 1 amide bonds. The average molecular weight is 427 g/mol. The molecule has 5 aromatic rings. The molecule has 152 valence electrons. The van der Waals surface area contributed by atoms with E-state index in [9.17, 15) is 4.79 Å². The van der Waals surface area contributed by atoms with Crippen LogP contribution in [0.1, 0.15) is 11.3 Å². The van der Waals surface area contributed by atoms with Crippen LogP contribution >= 0.6 is 11.8 Å². The van der Waals surface area contributed by atoms with E-state index in [0.717, 1.165) is 32.5 Å². The Hall–Kier alpha value is -3.84. The number of nitrogens with one attached hydrogen (secondary N) is 2. The molecule has 0 spiro atoms. The van der Waals surface area contributed by atoms with E-state index in [2.05, 4.69) is 20.5 Å². The highest BCUT2D eigenvalue weighted by Crippen LogP contribution is 2.28. The molecule has 0 bridgehead atoms. The topological polar surface area (TPSA) is 83.3 Å². The highest BCUT2D eigenvalue weighted by molar-refractivity contribution is 7.99. The number of carbonyl (C=O) groups excluding carboxylic acids is 1. The number of H-pyrrole nitrogens is 1. The van der Waals surface area contributed by atoms with Crippen molar-refractivity contribution in [1.82, 2.24) is 15.4 Å². The lowest BCUT2D eigenvalue weighted by molar-refractivity contribution is -0.120. The van der Waals surface area contributed by atoms with Gasteiger partial charge in [-0.3, -0.25) is 4.79 Å². The number of aromatic amines is 1. The first-order chi connectivity index (χ1) is 15.2. The minimum atomic E-state index is -0.184. The number of hydrazone groups is 1. The van der Waals surface area contributed by atoms with E-state index in [-0.39, 0.29) is 12.3 Å². The summed E-state index contributed by atoms with van der Waals surface area (Å²) < 4.78 is 5.74. The van der Waals surface area contributed by atoms with Crippen LogP contribution in [0.5, 0.6) is 0 Å². The van der Waals surface area contributed by atoms with Gasteiger partial charge < -0.3 is 9.40 Å². The minimum absolute atomic E-state index is 0.184. The molecule has 0 aliphatic heterocycles. The second kappa shape index (κ2) is 8.49. The number of imidazole rings is 1. The van der Waals surface area contributed by atoms with Gasteiger partial charge in [-0.25, -0.2) is 10.4 Å². The number of para-hydroxylation sites is 2. The standard InChI is InChI=1S/C24H18N4O2S/c29-22(14-17-8-5-7-16-6-1-2-9-19(16)17)28-25-15-18-12-13-23(30-18)31-24-26-20-10-3-4-11-21(20)27-24/h1-13,15H,14H2,(H,26,27)(H,28,29)/b25-15-. The third-order valence-electron chi connectivity index (χ3n) is 4.78. The summed E-state index contributed by atoms with van der Waals surface area (Å²) in [5.74, 6) is 0.361. The minimum Gasteiger partial charge on any atom is -0.448 e. The van der Waals surface area contributed by atoms with E-state index in [1.54, 1.807) is 6.07 Å². The lowest BCUT2D eigenvalue weighted by Crippen LogP contribution is -2.19. The Morgan fingerprint density at radius 3 is 2.81 bits per heavy atom. The summed E-state index contributed by atoms with van der Waals surface area (Å²) in [5, 5.41) is 7.64. The van der Waals surface area contributed by atoms with Crippen LogP contribution in [0.25, 0.3) is 21.8 Å². The Kier molecular flexibility index (Phi) is 5.24. The van der Waals surface area contributed by atoms with Gasteiger partial charge in [-0.05, 0) is 52.4 Å². The molecule has 0 atom stereocenters. The molecule has 5 rings (SSSR count). The van der Waals surface area contributed by atoms with Gasteiger partial charge in [0.2, 0.25) is 5.91 Å². The summed E-state index contributed by atoms with van der Waals surface area (Å²) in [7, 11) is 0. The molecule has 2 heterocycles. The predicted molar refractivity (Wildman–Crippen MR) is 122 cm³/mol. The van der Waals surface area contributed by atoms with Gasteiger partial charge in [0.05, 0.1) is 23.7 Å². The summed E-state index contributed by atoms with van der Waals surface area (Å²) in [6, 6.07) is 25.5. The third kappa shape index (κ3) is 4.36. The molecule has 7 heteroatoms. The quantitative estimate of drug-likeness (QED) is 0.290. The predicted octanol–water partition coefficient (Wildman–Crippen LogP) is 5.15. The van der Waals surface area contributed by atoms with Gasteiger partial charge in [0.25, 0.3) is 0 Å². The van der Waals surface area contributed by atoms with Gasteiger partial charge in [-0.2, -0.15) is 5.10 Å². The fourth-order valence-electron chi connectivity index (χ4n) is 3.36. The normalized spacial score (nSPS) is 11.5. The van der Waals surface area contributed by atoms with Gasteiger partial charge in [0.1, 0.15) is 5.76 Å². The van der Waals surface area contributed by atoms with Gasteiger partial charge in [-0.1, -0.05) is 54.6 Å². The van der Waals surface area contributed by atoms with Crippen molar-refractivity contribution in [2.24, 2.45) is 5.10 Å². The van der Waals surface area contributed by atoms with Crippen molar-refractivity contribution in [1.29, 1.82) is 0 Å². The molecule has 0 aliphatic rings. The molecule has 0 unspecified atom stereocenters. The summed E-state index contributed by atoms with van der Waals surface area (Å²) in [5.41, 5.74) is 5.42. The number of amides is 1. The Morgan fingerprint density at radius 1 is 1.03 bits per heavy atom. The Labute approximate surface area is 182 Å². The molecule has 2 aromatic heterocycles. The summed E-state index contributed by atoms with van der Waals surface area (Å²) in [6.45, 7) is 0. The zero-order valence-electron chi connectivity index (χ0n) is 16.4. The molecule has 0 saturated heterocycles. The van der Waals surface area contributed by atoms with Crippen molar-refractivity contribution < 1.29 is 9.21 Å². The number of nitrogens with zero attached hydrogens (tertiary/aromatic N) is 2. The van der Waals surface area contributed by atoms with E-state index in [0.29, 0.717) is 10.9 Å². The Morgan fingerprint density at radius 2 is 1.87 bits per heavy atom. The molecule has 3 aromatic carbocycles. The SMILES string of the molecule is O=C(Cc1cccc2ccccc12)N/N=C\c1ccc(Sc2nc3ccccc3[nH]2)o1. The highest BCUT2D eigenvalue weighted by Gasteiger charge is 2.08. The molecule has 6 nitrogen and oxygen atoms in total. The smallest absolute Gasteiger partial charge is 0.244 e. The van der Waals surface area contributed by atoms with E-state index in [1.165, 1.54) is 18.0 Å². The molecular formula is C24H18N4O2S. The molecular weight excluding hydrogens is 408 g/mol. The molecule has 0 saturated carbocycles.